The van der Waals surface area contributed by atoms with Crippen molar-refractivity contribution in [1.29, 1.82) is 0 Å². The molecule has 1 aromatic rings. The summed E-state index contributed by atoms with van der Waals surface area (Å²) >= 11 is 6.19. The van der Waals surface area contributed by atoms with Crippen molar-refractivity contribution in [2.45, 2.75) is 67.2 Å². The molecular formula is C25H35ClN2O. The first-order chi connectivity index (χ1) is 13.5. The molecule has 3 nitrogen and oxygen atoms in total. The number of allylic oxidation sites excluding steroid dienone is 4. The zero-order chi connectivity index (χ0) is 22.3. The lowest BCUT2D eigenvalue weighted by Gasteiger charge is -2.18. The number of benzene rings is 1. The zero-order valence-corrected chi connectivity index (χ0v) is 19.7. The van der Waals surface area contributed by atoms with E-state index in [9.17, 15) is 4.79 Å². The lowest BCUT2D eigenvalue weighted by atomic mass is 9.89. The van der Waals surface area contributed by atoms with Crippen molar-refractivity contribution in [1.82, 2.24) is 0 Å². The van der Waals surface area contributed by atoms with Crippen molar-refractivity contribution in [3.63, 3.8) is 0 Å². The van der Waals surface area contributed by atoms with Crippen LogP contribution in [-0.2, 0) is 4.79 Å². The molecule has 29 heavy (non-hydrogen) atoms. The van der Waals surface area contributed by atoms with Crippen LogP contribution in [0.5, 0.6) is 0 Å². The van der Waals surface area contributed by atoms with Gasteiger partial charge < -0.3 is 5.73 Å². The smallest absolute Gasteiger partial charge is 0.139 e. The Kier molecular flexibility index (Phi) is 9.58. The van der Waals surface area contributed by atoms with Crippen LogP contribution in [0.25, 0.3) is 5.57 Å². The predicted octanol–water partition coefficient (Wildman–Crippen LogP) is 7.08. The molecule has 1 aromatic carbocycles. The van der Waals surface area contributed by atoms with Gasteiger partial charge in [-0.3, -0.25) is 4.79 Å². The third-order valence-corrected chi connectivity index (χ3v) is 5.40. The number of hydrogen-bond donors (Lipinski definition) is 1. The summed E-state index contributed by atoms with van der Waals surface area (Å²) in [6.07, 6.45) is 3.42. The third-order valence-electron chi connectivity index (χ3n) is 5.16. The van der Waals surface area contributed by atoms with Crippen molar-refractivity contribution in [2.24, 2.45) is 16.6 Å². The van der Waals surface area contributed by atoms with E-state index in [0.29, 0.717) is 23.2 Å². The Morgan fingerprint density at radius 1 is 1.24 bits per heavy atom. The molecule has 1 unspecified atom stereocenters. The fraction of sp³-hybridized carbons (Fsp3) is 0.440. The Balaban J connectivity index is 3.49. The molecule has 0 aromatic heterocycles. The molecule has 0 bridgehead atoms. The molecule has 1 atom stereocenters. The number of nitrogens with two attached hydrogens (primary N) is 1. The van der Waals surface area contributed by atoms with E-state index in [1.54, 1.807) is 0 Å². The molecule has 0 fully saturated rings. The van der Waals surface area contributed by atoms with Crippen molar-refractivity contribution in [3.05, 3.63) is 64.0 Å². The van der Waals surface area contributed by atoms with Crippen LogP contribution >= 0.6 is 11.6 Å². The van der Waals surface area contributed by atoms with Crippen LogP contribution in [0.3, 0.4) is 0 Å². The molecule has 0 aliphatic carbocycles. The standard InChI is InChI=1S/C25H35ClN2O/c1-9-11-16(5)24(18(7)23(29)10-2)25(27)28-19(8)17(6)21-13-12-20(26)14-22(21)15(3)4/h11-15,18H,6,9-10,27H2,1-5,7-8H3/b16-11+,25-24+,28-19?. The average Bonchev–Trinajstić information content (AvgIpc) is 2.66. The molecule has 0 aliphatic rings. The molecule has 1 rings (SSSR count). The first-order valence-electron chi connectivity index (χ1n) is 10.3. The van der Waals surface area contributed by atoms with E-state index < -0.39 is 0 Å². The summed E-state index contributed by atoms with van der Waals surface area (Å²) in [5.41, 5.74) is 11.9. The number of rotatable bonds is 9. The minimum absolute atomic E-state index is 0.151. The van der Waals surface area contributed by atoms with Gasteiger partial charge in [0.25, 0.3) is 0 Å². The first kappa shape index (κ1) is 24.9. The maximum atomic E-state index is 12.4. The number of aliphatic imine (C=N–C) groups is 1. The van der Waals surface area contributed by atoms with E-state index >= 15 is 0 Å². The molecule has 158 valence electrons. The Morgan fingerprint density at radius 3 is 2.38 bits per heavy atom. The van der Waals surface area contributed by atoms with Crippen LogP contribution in [-0.4, -0.2) is 11.5 Å². The van der Waals surface area contributed by atoms with Gasteiger partial charge in [-0.15, -0.1) is 0 Å². The highest BCUT2D eigenvalue weighted by atomic mass is 35.5. The highest BCUT2D eigenvalue weighted by Gasteiger charge is 2.21. The van der Waals surface area contributed by atoms with E-state index in [1.807, 2.05) is 45.9 Å². The fourth-order valence-electron chi connectivity index (χ4n) is 3.44. The van der Waals surface area contributed by atoms with Gasteiger partial charge in [0.05, 0.1) is 0 Å². The quantitative estimate of drug-likeness (QED) is 0.346. The van der Waals surface area contributed by atoms with E-state index in [1.165, 1.54) is 0 Å². The van der Waals surface area contributed by atoms with E-state index in [-0.39, 0.29) is 11.7 Å². The minimum Gasteiger partial charge on any atom is -0.383 e. The van der Waals surface area contributed by atoms with Gasteiger partial charge in [-0.2, -0.15) is 0 Å². The van der Waals surface area contributed by atoms with Crippen LogP contribution in [0.1, 0.15) is 78.4 Å². The van der Waals surface area contributed by atoms with Gasteiger partial charge in [0.2, 0.25) is 0 Å². The first-order valence-corrected chi connectivity index (χ1v) is 10.7. The maximum absolute atomic E-state index is 12.4. The van der Waals surface area contributed by atoms with Crippen LogP contribution in [0, 0.1) is 5.92 Å². The Labute approximate surface area is 181 Å². The van der Waals surface area contributed by atoms with E-state index in [2.05, 4.69) is 38.4 Å². The highest BCUT2D eigenvalue weighted by molar-refractivity contribution is 6.31. The van der Waals surface area contributed by atoms with E-state index in [0.717, 1.165) is 40.0 Å². The van der Waals surface area contributed by atoms with Crippen LogP contribution in [0.15, 0.2) is 52.8 Å². The number of carbonyl (C=O) groups excluding carboxylic acids is 1. The van der Waals surface area contributed by atoms with Crippen LogP contribution in [0.4, 0.5) is 0 Å². The van der Waals surface area contributed by atoms with Gasteiger partial charge in [-0.1, -0.05) is 64.9 Å². The summed E-state index contributed by atoms with van der Waals surface area (Å²) in [6, 6.07) is 5.81. The summed E-state index contributed by atoms with van der Waals surface area (Å²) in [4.78, 5) is 17.0. The molecule has 0 radical (unpaired) electrons. The average molecular weight is 415 g/mol. The summed E-state index contributed by atoms with van der Waals surface area (Å²) in [5, 5.41) is 0.703. The van der Waals surface area contributed by atoms with Crippen molar-refractivity contribution in [2.75, 3.05) is 0 Å². The molecule has 0 heterocycles. The Hall–Kier alpha value is -2.13. The molecule has 0 aliphatic heterocycles. The second kappa shape index (κ2) is 11.2. The number of nitrogens with zero attached hydrogens (tertiary/aromatic N) is 1. The fourth-order valence-corrected chi connectivity index (χ4v) is 3.62. The highest BCUT2D eigenvalue weighted by Crippen LogP contribution is 2.30. The number of halogens is 1. The second-order valence-electron chi connectivity index (χ2n) is 7.70. The molecule has 0 saturated carbocycles. The summed E-state index contributed by atoms with van der Waals surface area (Å²) in [6.45, 7) is 18.2. The maximum Gasteiger partial charge on any atom is 0.139 e. The molecule has 0 saturated heterocycles. The van der Waals surface area contributed by atoms with Crippen LogP contribution < -0.4 is 5.73 Å². The SMILES string of the molecule is C=C(C(C)=N/C(N)=C(\C(C)=C\CC)C(C)C(=O)CC)c1ccc(Cl)cc1C(C)C. The summed E-state index contributed by atoms with van der Waals surface area (Å²) in [7, 11) is 0. The largest absolute Gasteiger partial charge is 0.383 e. The second-order valence-corrected chi connectivity index (χ2v) is 8.13. The van der Waals surface area contributed by atoms with E-state index in [4.69, 9.17) is 17.3 Å². The Morgan fingerprint density at radius 2 is 1.86 bits per heavy atom. The van der Waals surface area contributed by atoms with Crippen molar-refractivity contribution in [3.8, 4) is 0 Å². The van der Waals surface area contributed by atoms with Gasteiger partial charge in [-0.25, -0.2) is 4.99 Å². The topological polar surface area (TPSA) is 55.4 Å². The lowest BCUT2D eigenvalue weighted by molar-refractivity contribution is -0.121. The Bertz CT molecular complexity index is 860. The van der Waals surface area contributed by atoms with Gasteiger partial charge in [0, 0.05) is 28.6 Å². The van der Waals surface area contributed by atoms with Crippen molar-refractivity contribution >= 4 is 28.7 Å². The van der Waals surface area contributed by atoms with Gasteiger partial charge in [0.15, 0.2) is 0 Å². The number of Topliss-reactive ketones (excluding diaryl/α,β-unsaturated/α-hetero) is 1. The minimum atomic E-state index is -0.297. The van der Waals surface area contributed by atoms with Gasteiger partial charge >= 0.3 is 0 Å². The lowest BCUT2D eigenvalue weighted by Crippen LogP contribution is -2.18. The monoisotopic (exact) mass is 414 g/mol. The number of ketones is 1. The summed E-state index contributed by atoms with van der Waals surface area (Å²) in [5.74, 6) is 0.529. The molecule has 2 N–H and O–H groups in total. The van der Waals surface area contributed by atoms with Gasteiger partial charge in [0.1, 0.15) is 11.6 Å². The molecule has 4 heteroatoms. The molecule has 0 spiro atoms. The predicted molar refractivity (Wildman–Crippen MR) is 127 cm³/mol. The zero-order valence-electron chi connectivity index (χ0n) is 18.9. The van der Waals surface area contributed by atoms with Gasteiger partial charge in [-0.05, 0) is 60.6 Å². The summed E-state index contributed by atoms with van der Waals surface area (Å²) < 4.78 is 0. The third kappa shape index (κ3) is 6.43. The molecular weight excluding hydrogens is 380 g/mol. The van der Waals surface area contributed by atoms with Crippen molar-refractivity contribution < 1.29 is 4.79 Å². The number of carbonyl (C=O) groups is 1. The normalized spacial score (nSPS) is 14.7. The van der Waals surface area contributed by atoms with Crippen LogP contribution in [0.2, 0.25) is 5.02 Å². The number of hydrogen-bond acceptors (Lipinski definition) is 3. The molecule has 0 amide bonds.